The molecule has 0 unspecified atom stereocenters. The molecule has 5 heteroatoms. The summed E-state index contributed by atoms with van der Waals surface area (Å²) in [7, 11) is -4.30. The van der Waals surface area contributed by atoms with E-state index in [0.29, 0.717) is 0 Å². The van der Waals surface area contributed by atoms with E-state index in [2.05, 4.69) is 18.0 Å². The normalized spacial score (nSPS) is 12.2. The Morgan fingerprint density at radius 2 is 1.13 bits per heavy atom. The topological polar surface area (TPSA) is 63.6 Å². The third-order valence-electron chi connectivity index (χ3n) is 4.38. The summed E-state index contributed by atoms with van der Waals surface area (Å²) < 4.78 is 34.9. The fraction of sp³-hybridized carbons (Fsp3) is 1.00. The first-order valence-corrected chi connectivity index (χ1v) is 11.0. The molecule has 1 N–H and O–H groups in total. The Hall–Kier alpha value is -0.130. The van der Waals surface area contributed by atoms with Crippen LogP contribution in [0.5, 0.6) is 0 Å². The lowest BCUT2D eigenvalue weighted by Gasteiger charge is -2.16. The Morgan fingerprint density at radius 1 is 0.739 bits per heavy atom. The molecule has 0 saturated carbocycles. The minimum Gasteiger partial charge on any atom is -0.264 e. The van der Waals surface area contributed by atoms with E-state index in [1.807, 2.05) is 0 Å². The molecule has 0 bridgehead atoms. The van der Waals surface area contributed by atoms with Gasteiger partial charge in [-0.2, -0.15) is 8.42 Å². The van der Waals surface area contributed by atoms with Gasteiger partial charge in [-0.3, -0.25) is 4.55 Å². The molecular weight excluding hydrogens is 312 g/mol. The molecule has 23 heavy (non-hydrogen) atoms. The minimum atomic E-state index is -4.30. The van der Waals surface area contributed by atoms with Gasteiger partial charge in [0.2, 0.25) is 0 Å². The van der Waals surface area contributed by atoms with Crippen molar-refractivity contribution in [3.63, 3.8) is 0 Å². The van der Waals surface area contributed by atoms with Gasteiger partial charge in [0.1, 0.15) is 0 Å². The lowest BCUT2D eigenvalue weighted by Crippen LogP contribution is -2.14. The largest absolute Gasteiger partial charge is 0.397 e. The molecule has 0 aromatic heterocycles. The average Bonchev–Trinajstić information content (AvgIpc) is 2.49. The average molecular weight is 351 g/mol. The molecule has 0 atom stereocenters. The van der Waals surface area contributed by atoms with Crippen LogP contribution in [0.15, 0.2) is 0 Å². The van der Waals surface area contributed by atoms with Crippen molar-refractivity contribution in [1.29, 1.82) is 0 Å². The summed E-state index contributed by atoms with van der Waals surface area (Å²) in [4.78, 5) is 0. The first-order valence-electron chi connectivity index (χ1n) is 9.61. The van der Waals surface area contributed by atoms with E-state index in [1.165, 1.54) is 64.2 Å². The summed E-state index contributed by atoms with van der Waals surface area (Å²) in [5.74, 6) is 0.245. The van der Waals surface area contributed by atoms with Gasteiger partial charge in [0.25, 0.3) is 0 Å². The van der Waals surface area contributed by atoms with Gasteiger partial charge in [0.15, 0.2) is 0 Å². The van der Waals surface area contributed by atoms with Gasteiger partial charge in [-0.05, 0) is 18.8 Å². The molecule has 140 valence electrons. The lowest BCUT2D eigenvalue weighted by molar-refractivity contribution is 0.204. The van der Waals surface area contributed by atoms with E-state index in [0.717, 1.165) is 25.7 Å². The predicted molar refractivity (Wildman–Crippen MR) is 97.0 cm³/mol. The maximum atomic E-state index is 10.8. The second-order valence-corrected chi connectivity index (χ2v) is 7.78. The van der Waals surface area contributed by atoms with E-state index < -0.39 is 10.4 Å². The van der Waals surface area contributed by atoms with Crippen molar-refractivity contribution in [2.75, 3.05) is 6.61 Å². The molecule has 0 aliphatic heterocycles. The summed E-state index contributed by atoms with van der Waals surface area (Å²) in [5, 5.41) is 0. The molecular formula is C18H38O4S. The van der Waals surface area contributed by atoms with Gasteiger partial charge in [-0.15, -0.1) is 0 Å². The fourth-order valence-corrected chi connectivity index (χ4v) is 3.28. The van der Waals surface area contributed by atoms with Crippen LogP contribution in [0.25, 0.3) is 0 Å². The summed E-state index contributed by atoms with van der Waals surface area (Å²) >= 11 is 0. The van der Waals surface area contributed by atoms with Crippen molar-refractivity contribution in [2.24, 2.45) is 5.92 Å². The Kier molecular flexibility index (Phi) is 15.3. The van der Waals surface area contributed by atoms with Gasteiger partial charge in [0.05, 0.1) is 6.61 Å². The lowest BCUT2D eigenvalue weighted by atomic mass is 9.95. The van der Waals surface area contributed by atoms with E-state index in [-0.39, 0.29) is 12.5 Å². The Labute approximate surface area is 144 Å². The molecule has 0 aliphatic carbocycles. The van der Waals surface area contributed by atoms with Gasteiger partial charge < -0.3 is 0 Å². The molecule has 0 aromatic carbocycles. The van der Waals surface area contributed by atoms with Crippen LogP contribution in [0.4, 0.5) is 0 Å². The number of hydrogen-bond acceptors (Lipinski definition) is 3. The molecule has 0 heterocycles. The zero-order chi connectivity index (χ0) is 17.4. The zero-order valence-electron chi connectivity index (χ0n) is 15.3. The third kappa shape index (κ3) is 18.1. The van der Waals surface area contributed by atoms with Crippen LogP contribution in [0, 0.1) is 5.92 Å². The number of unbranched alkanes of at least 4 members (excludes halogenated alkanes) is 10. The van der Waals surface area contributed by atoms with Crippen molar-refractivity contribution in [1.82, 2.24) is 0 Å². The minimum absolute atomic E-state index is 0.128. The standard InChI is InChI=1S/C18H38O4S/c1-3-5-7-9-11-13-15-18(17-22-23(19,20)21)16-14-12-10-8-6-4-2/h18H,3-17H2,1-2H3,(H,19,20,21). The molecule has 0 fully saturated rings. The van der Waals surface area contributed by atoms with Crippen LogP contribution in [-0.2, 0) is 14.6 Å². The highest BCUT2D eigenvalue weighted by Crippen LogP contribution is 2.20. The zero-order valence-corrected chi connectivity index (χ0v) is 16.1. The Bertz CT molecular complexity index is 325. The van der Waals surface area contributed by atoms with Crippen LogP contribution < -0.4 is 0 Å². The van der Waals surface area contributed by atoms with Gasteiger partial charge in [0, 0.05) is 0 Å². The molecule has 0 rings (SSSR count). The maximum Gasteiger partial charge on any atom is 0.397 e. The highest BCUT2D eigenvalue weighted by atomic mass is 32.3. The van der Waals surface area contributed by atoms with E-state index in [9.17, 15) is 8.42 Å². The van der Waals surface area contributed by atoms with Crippen molar-refractivity contribution >= 4 is 10.4 Å². The van der Waals surface area contributed by atoms with Gasteiger partial charge in [-0.1, -0.05) is 90.9 Å². The maximum absolute atomic E-state index is 10.8. The fourth-order valence-electron chi connectivity index (χ4n) is 2.92. The molecule has 4 nitrogen and oxygen atoms in total. The Balaban J connectivity index is 3.89. The van der Waals surface area contributed by atoms with Crippen LogP contribution in [0.1, 0.15) is 104 Å². The highest BCUT2D eigenvalue weighted by molar-refractivity contribution is 7.80. The molecule has 0 radical (unpaired) electrons. The SMILES string of the molecule is CCCCCCCCC(CCCCCCCC)COS(=O)(=O)O. The van der Waals surface area contributed by atoms with Crippen molar-refractivity contribution < 1.29 is 17.2 Å². The number of hydrogen-bond donors (Lipinski definition) is 1. The third-order valence-corrected chi connectivity index (χ3v) is 4.82. The highest BCUT2D eigenvalue weighted by Gasteiger charge is 2.13. The monoisotopic (exact) mass is 350 g/mol. The van der Waals surface area contributed by atoms with Crippen molar-refractivity contribution in [2.45, 2.75) is 104 Å². The molecule has 0 spiro atoms. The first kappa shape index (κ1) is 22.9. The van der Waals surface area contributed by atoms with E-state index in [4.69, 9.17) is 4.55 Å². The second kappa shape index (κ2) is 15.4. The molecule has 0 aliphatic rings. The van der Waals surface area contributed by atoms with Crippen LogP contribution in [0.2, 0.25) is 0 Å². The second-order valence-electron chi connectivity index (χ2n) is 6.69. The summed E-state index contributed by atoms with van der Waals surface area (Å²) in [6.45, 7) is 4.55. The summed E-state index contributed by atoms with van der Waals surface area (Å²) in [6.07, 6.45) is 16.9. The number of rotatable bonds is 17. The molecule has 0 saturated heterocycles. The summed E-state index contributed by atoms with van der Waals surface area (Å²) in [6, 6.07) is 0. The van der Waals surface area contributed by atoms with E-state index >= 15 is 0 Å². The van der Waals surface area contributed by atoms with Crippen molar-refractivity contribution in [3.05, 3.63) is 0 Å². The van der Waals surface area contributed by atoms with E-state index in [1.54, 1.807) is 0 Å². The quantitative estimate of drug-likeness (QED) is 0.261. The molecule has 0 amide bonds. The first-order chi connectivity index (χ1) is 11.0. The van der Waals surface area contributed by atoms with Crippen LogP contribution in [-0.4, -0.2) is 19.6 Å². The van der Waals surface area contributed by atoms with Gasteiger partial charge >= 0.3 is 10.4 Å². The smallest absolute Gasteiger partial charge is 0.264 e. The van der Waals surface area contributed by atoms with Crippen molar-refractivity contribution in [3.8, 4) is 0 Å². The Morgan fingerprint density at radius 3 is 1.52 bits per heavy atom. The van der Waals surface area contributed by atoms with Gasteiger partial charge in [-0.25, -0.2) is 4.18 Å². The van der Waals surface area contributed by atoms with Crippen LogP contribution >= 0.6 is 0 Å². The van der Waals surface area contributed by atoms with Crippen LogP contribution in [0.3, 0.4) is 0 Å². The summed E-state index contributed by atoms with van der Waals surface area (Å²) in [5.41, 5.74) is 0. The molecule has 0 aromatic rings. The predicted octanol–water partition coefficient (Wildman–Crippen LogP) is 5.92.